The number of unbranched alkanes of at least 4 members (excludes halogenated alkanes) is 21. The Balaban J connectivity index is 3.57. The van der Waals surface area contributed by atoms with Gasteiger partial charge in [0.25, 0.3) is 0 Å². The normalized spacial score (nSPS) is 13.5. The lowest BCUT2D eigenvalue weighted by atomic mass is 10.0. The van der Waals surface area contributed by atoms with Crippen LogP contribution in [0.5, 0.6) is 0 Å². The maximum absolute atomic E-state index is 12.4. The second kappa shape index (κ2) is 70.3. The van der Waals surface area contributed by atoms with E-state index in [1.54, 1.807) is 0 Å². The van der Waals surface area contributed by atoms with Crippen molar-refractivity contribution in [3.05, 3.63) is 182 Å². The van der Waals surface area contributed by atoms with Crippen LogP contribution in [0, 0.1) is 0 Å². The van der Waals surface area contributed by atoms with Crippen LogP contribution in [-0.2, 0) is 19.1 Å². The Labute approximate surface area is 505 Å². The zero-order valence-electron chi connectivity index (χ0n) is 52.7. The number of carbonyl (C=O) groups is 2. The standard InChI is InChI=1S/C77H122O5/c1-3-5-7-9-11-13-15-17-19-21-23-25-27-29-31-32-33-34-35-36-37-38-39-40-41-42-43-44-46-48-50-52-54-56-58-60-62-64-66-68-70-72-77(80)82-75(73-78)74-81-76(79)71-69-67-65-63-61-59-57-55-53-51-49-47-45-30-28-26-24-22-20-18-16-14-12-10-8-6-4-2/h5-8,11-14,17-20,23-26,29-31,33-34,36-37,39-40,42-43,45,49,51,75,78H,3-4,9-10,15-16,21-22,27-28,32,35,38,41,44,46-48,50,52-74H2,1-2H3/b7-5-,8-6-,13-11-,14-12-,19-17-,20-18-,25-23-,26-24-,31-29-,34-33-,37-36-,40-39-,43-42-,45-30-,51-49-. The van der Waals surface area contributed by atoms with Crippen molar-refractivity contribution in [3.63, 3.8) is 0 Å². The first-order valence-corrected chi connectivity index (χ1v) is 33.3. The topological polar surface area (TPSA) is 72.8 Å². The molecule has 0 aromatic heterocycles. The zero-order chi connectivity index (χ0) is 59.1. The Morgan fingerprint density at radius 1 is 0.280 bits per heavy atom. The predicted molar refractivity (Wildman–Crippen MR) is 361 cm³/mol. The summed E-state index contributed by atoms with van der Waals surface area (Å²) in [5, 5.41) is 9.69. The number of aliphatic hydroxyl groups is 1. The molecule has 0 aromatic carbocycles. The lowest BCUT2D eigenvalue weighted by Crippen LogP contribution is -2.28. The second-order valence-corrected chi connectivity index (χ2v) is 21.4. The molecule has 0 aliphatic carbocycles. The van der Waals surface area contributed by atoms with E-state index in [4.69, 9.17) is 9.47 Å². The number of allylic oxidation sites excluding steroid dienone is 30. The number of carbonyl (C=O) groups excluding carboxylic acids is 2. The van der Waals surface area contributed by atoms with E-state index in [9.17, 15) is 14.7 Å². The molecule has 0 heterocycles. The van der Waals surface area contributed by atoms with Crippen molar-refractivity contribution >= 4 is 11.9 Å². The molecule has 0 aromatic rings. The monoisotopic (exact) mass is 1130 g/mol. The van der Waals surface area contributed by atoms with Gasteiger partial charge in [-0.1, -0.05) is 305 Å². The predicted octanol–water partition coefficient (Wildman–Crippen LogP) is 23.4. The van der Waals surface area contributed by atoms with Crippen molar-refractivity contribution in [2.75, 3.05) is 13.2 Å². The molecule has 460 valence electrons. The van der Waals surface area contributed by atoms with E-state index in [0.717, 1.165) is 141 Å². The molecule has 0 radical (unpaired) electrons. The lowest BCUT2D eigenvalue weighted by molar-refractivity contribution is -0.161. The van der Waals surface area contributed by atoms with Crippen LogP contribution >= 0.6 is 0 Å². The highest BCUT2D eigenvalue weighted by molar-refractivity contribution is 5.70. The molecule has 0 saturated heterocycles. The minimum Gasteiger partial charge on any atom is -0.462 e. The first kappa shape index (κ1) is 77.0. The van der Waals surface area contributed by atoms with Gasteiger partial charge in [-0.2, -0.15) is 0 Å². The fraction of sp³-hybridized carbons (Fsp3) is 0.584. The molecule has 0 aliphatic heterocycles. The van der Waals surface area contributed by atoms with Crippen molar-refractivity contribution < 1.29 is 24.2 Å². The third-order valence-corrected chi connectivity index (χ3v) is 13.7. The van der Waals surface area contributed by atoms with Crippen molar-refractivity contribution in [3.8, 4) is 0 Å². The van der Waals surface area contributed by atoms with Crippen LogP contribution in [0.2, 0.25) is 0 Å². The average Bonchev–Trinajstić information content (AvgIpc) is 3.49. The van der Waals surface area contributed by atoms with Gasteiger partial charge in [0.05, 0.1) is 6.61 Å². The molecule has 0 spiro atoms. The van der Waals surface area contributed by atoms with Crippen molar-refractivity contribution in [1.82, 2.24) is 0 Å². The van der Waals surface area contributed by atoms with E-state index in [0.29, 0.717) is 12.8 Å². The van der Waals surface area contributed by atoms with Gasteiger partial charge in [0.2, 0.25) is 0 Å². The number of rotatable bonds is 59. The minimum atomic E-state index is -0.790. The zero-order valence-corrected chi connectivity index (χ0v) is 52.7. The Hall–Kier alpha value is -5.00. The van der Waals surface area contributed by atoms with Crippen molar-refractivity contribution in [1.29, 1.82) is 0 Å². The van der Waals surface area contributed by atoms with Crippen LogP contribution in [0.3, 0.4) is 0 Å². The molecule has 0 aliphatic rings. The summed E-state index contributed by atoms with van der Waals surface area (Å²) in [6, 6.07) is 0. The molecule has 0 bridgehead atoms. The summed E-state index contributed by atoms with van der Waals surface area (Å²) in [5.74, 6) is -0.608. The number of hydrogen-bond donors (Lipinski definition) is 1. The van der Waals surface area contributed by atoms with Gasteiger partial charge in [-0.05, 0) is 135 Å². The summed E-state index contributed by atoms with van der Waals surface area (Å²) in [4.78, 5) is 24.6. The van der Waals surface area contributed by atoms with Gasteiger partial charge in [-0.25, -0.2) is 0 Å². The Bertz CT molecular complexity index is 1850. The molecule has 0 amide bonds. The van der Waals surface area contributed by atoms with E-state index >= 15 is 0 Å². The van der Waals surface area contributed by atoms with Crippen LogP contribution < -0.4 is 0 Å². The molecule has 1 unspecified atom stereocenters. The van der Waals surface area contributed by atoms with Gasteiger partial charge in [-0.15, -0.1) is 0 Å². The SMILES string of the molecule is CC/C=C\C/C=C\C/C=C\C/C=C\C/C=C\C/C=C\C/C=C\C/C=C\C/C=C\CCCCCCCCCCCCCCCC(=O)OC(CO)COC(=O)CCCCCCCCCC/C=C\C/C=C\C/C=C\C/C=C\C/C=C\C/C=C\CC. The summed E-state index contributed by atoms with van der Waals surface area (Å²) >= 11 is 0. The summed E-state index contributed by atoms with van der Waals surface area (Å²) in [5.41, 5.74) is 0. The summed E-state index contributed by atoms with van der Waals surface area (Å²) in [7, 11) is 0. The quantitative estimate of drug-likeness (QED) is 0.0373. The highest BCUT2D eigenvalue weighted by atomic mass is 16.6. The van der Waals surface area contributed by atoms with Crippen molar-refractivity contribution in [2.24, 2.45) is 0 Å². The highest BCUT2D eigenvalue weighted by Gasteiger charge is 2.16. The Morgan fingerprint density at radius 3 is 0.732 bits per heavy atom. The molecule has 5 heteroatoms. The van der Waals surface area contributed by atoms with Crippen LogP contribution in [-0.4, -0.2) is 36.4 Å². The minimum absolute atomic E-state index is 0.0803. The Morgan fingerprint density at radius 2 is 0.488 bits per heavy atom. The lowest BCUT2D eigenvalue weighted by Gasteiger charge is -2.15. The molecule has 0 rings (SSSR count). The van der Waals surface area contributed by atoms with E-state index in [-0.39, 0.29) is 25.2 Å². The first-order valence-electron chi connectivity index (χ1n) is 33.3. The van der Waals surface area contributed by atoms with Crippen molar-refractivity contribution in [2.45, 2.75) is 277 Å². The molecule has 0 saturated carbocycles. The molecular formula is C77H122O5. The third kappa shape index (κ3) is 67.5. The van der Waals surface area contributed by atoms with E-state index in [1.165, 1.54) is 103 Å². The largest absolute Gasteiger partial charge is 0.462 e. The molecular weight excluding hydrogens is 1000 g/mol. The number of ether oxygens (including phenoxy) is 2. The maximum Gasteiger partial charge on any atom is 0.306 e. The molecule has 1 atom stereocenters. The number of esters is 2. The molecule has 82 heavy (non-hydrogen) atoms. The highest BCUT2D eigenvalue weighted by Crippen LogP contribution is 2.15. The summed E-state index contributed by atoms with van der Waals surface area (Å²) in [6.45, 7) is 3.90. The summed E-state index contributed by atoms with van der Waals surface area (Å²) < 4.78 is 10.7. The first-order chi connectivity index (χ1) is 40.6. The van der Waals surface area contributed by atoms with E-state index < -0.39 is 6.10 Å². The second-order valence-electron chi connectivity index (χ2n) is 21.4. The fourth-order valence-electron chi connectivity index (χ4n) is 8.79. The van der Waals surface area contributed by atoms with E-state index in [2.05, 4.69) is 196 Å². The molecule has 0 fully saturated rings. The average molecular weight is 1130 g/mol. The fourth-order valence-corrected chi connectivity index (χ4v) is 8.79. The molecule has 1 N–H and O–H groups in total. The van der Waals surface area contributed by atoms with Crippen LogP contribution in [0.25, 0.3) is 0 Å². The smallest absolute Gasteiger partial charge is 0.306 e. The van der Waals surface area contributed by atoms with Gasteiger partial charge >= 0.3 is 11.9 Å². The third-order valence-electron chi connectivity index (χ3n) is 13.7. The number of hydrogen-bond acceptors (Lipinski definition) is 5. The van der Waals surface area contributed by atoms with Crippen LogP contribution in [0.15, 0.2) is 182 Å². The van der Waals surface area contributed by atoms with Gasteiger partial charge in [0.15, 0.2) is 6.10 Å². The van der Waals surface area contributed by atoms with E-state index in [1.807, 2.05) is 0 Å². The molecule has 5 nitrogen and oxygen atoms in total. The van der Waals surface area contributed by atoms with Gasteiger partial charge in [0.1, 0.15) is 6.61 Å². The maximum atomic E-state index is 12.4. The van der Waals surface area contributed by atoms with Gasteiger partial charge < -0.3 is 14.6 Å². The number of aliphatic hydroxyl groups excluding tert-OH is 1. The van der Waals surface area contributed by atoms with Crippen LogP contribution in [0.1, 0.15) is 271 Å². The van der Waals surface area contributed by atoms with Crippen LogP contribution in [0.4, 0.5) is 0 Å². The van der Waals surface area contributed by atoms with Gasteiger partial charge in [-0.3, -0.25) is 9.59 Å². The Kier molecular flexibility index (Phi) is 66.0. The van der Waals surface area contributed by atoms with Gasteiger partial charge in [0, 0.05) is 12.8 Å². The summed E-state index contributed by atoms with van der Waals surface area (Å²) in [6.07, 6.45) is 110.